The summed E-state index contributed by atoms with van der Waals surface area (Å²) in [7, 11) is 0. The number of fused-ring (bicyclic) bond motifs is 10. The van der Waals surface area contributed by atoms with Crippen LogP contribution in [-0.4, -0.2) is 14.5 Å². The second-order valence-corrected chi connectivity index (χ2v) is 13.9. The average Bonchev–Trinajstić information content (AvgIpc) is 3.75. The van der Waals surface area contributed by atoms with E-state index in [1.807, 2.05) is 29.6 Å². The number of hydrogen-bond donors (Lipinski definition) is 0. The van der Waals surface area contributed by atoms with Crippen LogP contribution in [0.25, 0.3) is 75.9 Å². The minimum Gasteiger partial charge on any atom is -0.278 e. The van der Waals surface area contributed by atoms with Crippen molar-refractivity contribution in [3.8, 4) is 28.3 Å². The lowest BCUT2D eigenvalue weighted by atomic mass is 9.81. The Hall–Kier alpha value is -5.76. The van der Waals surface area contributed by atoms with Crippen LogP contribution in [0.4, 0.5) is 0 Å². The first kappa shape index (κ1) is 26.5. The molecule has 3 aromatic heterocycles. The third-order valence-electron chi connectivity index (χ3n) is 9.85. The van der Waals surface area contributed by atoms with E-state index in [4.69, 9.17) is 9.97 Å². The van der Waals surface area contributed by atoms with Gasteiger partial charge in [0.25, 0.3) is 0 Å². The molecule has 0 unspecified atom stereocenters. The lowest BCUT2D eigenvalue weighted by Gasteiger charge is -2.21. The molecule has 3 nitrogen and oxygen atoms in total. The highest BCUT2D eigenvalue weighted by atomic mass is 32.1. The third-order valence-corrected chi connectivity index (χ3v) is 11.0. The summed E-state index contributed by atoms with van der Waals surface area (Å²) in [5, 5.41) is 4.90. The lowest BCUT2D eigenvalue weighted by molar-refractivity contribution is 0.666. The third kappa shape index (κ3) is 3.69. The molecule has 0 atom stereocenters. The van der Waals surface area contributed by atoms with Gasteiger partial charge in [-0.15, -0.1) is 11.3 Å². The molecule has 2 aliphatic rings. The van der Waals surface area contributed by atoms with Crippen LogP contribution in [0, 0.1) is 0 Å². The zero-order valence-electron chi connectivity index (χ0n) is 25.9. The van der Waals surface area contributed by atoms with E-state index >= 15 is 0 Å². The predicted molar refractivity (Wildman–Crippen MR) is 196 cm³/mol. The van der Waals surface area contributed by atoms with Crippen LogP contribution in [0.3, 0.4) is 0 Å². The Balaban J connectivity index is 1.36. The van der Waals surface area contributed by atoms with Crippen LogP contribution in [0.2, 0.25) is 0 Å². The Morgan fingerprint density at radius 2 is 1.55 bits per heavy atom. The molecule has 0 fully saturated rings. The fourth-order valence-corrected chi connectivity index (χ4v) is 8.87. The summed E-state index contributed by atoms with van der Waals surface area (Å²) in [5.74, 6) is 0.662. The van der Waals surface area contributed by atoms with Gasteiger partial charge in [0.1, 0.15) is 0 Å². The van der Waals surface area contributed by atoms with Crippen molar-refractivity contribution in [3.05, 3.63) is 156 Å². The van der Waals surface area contributed by atoms with Gasteiger partial charge in [0.2, 0.25) is 5.95 Å². The largest absolute Gasteiger partial charge is 0.278 e. The monoisotopic (exact) mass is 617 g/mol. The Morgan fingerprint density at radius 3 is 2.43 bits per heavy atom. The highest BCUT2D eigenvalue weighted by Gasteiger charge is 2.41. The van der Waals surface area contributed by atoms with Gasteiger partial charge >= 0.3 is 0 Å². The Morgan fingerprint density at radius 1 is 0.723 bits per heavy atom. The number of hydrogen-bond acceptors (Lipinski definition) is 3. The minimum absolute atomic E-state index is 0.209. The van der Waals surface area contributed by atoms with Gasteiger partial charge in [0, 0.05) is 41.9 Å². The van der Waals surface area contributed by atoms with Crippen molar-refractivity contribution in [1.29, 1.82) is 0 Å². The van der Waals surface area contributed by atoms with Crippen molar-refractivity contribution in [2.75, 3.05) is 0 Å². The first-order valence-corrected chi connectivity index (χ1v) is 16.7. The Kier molecular flexibility index (Phi) is 5.42. The second-order valence-electron chi connectivity index (χ2n) is 12.8. The van der Waals surface area contributed by atoms with Gasteiger partial charge in [-0.05, 0) is 64.7 Å². The first-order valence-electron chi connectivity index (χ1n) is 15.9. The summed E-state index contributed by atoms with van der Waals surface area (Å²) < 4.78 is 4.93. The zero-order valence-corrected chi connectivity index (χ0v) is 26.7. The molecule has 220 valence electrons. The molecule has 0 saturated heterocycles. The van der Waals surface area contributed by atoms with Gasteiger partial charge < -0.3 is 0 Å². The maximum atomic E-state index is 5.43. The van der Waals surface area contributed by atoms with Crippen LogP contribution < -0.4 is 0 Å². The van der Waals surface area contributed by atoms with E-state index in [0.29, 0.717) is 5.95 Å². The van der Waals surface area contributed by atoms with Crippen molar-refractivity contribution in [2.45, 2.75) is 19.3 Å². The molecule has 0 saturated carbocycles. The summed E-state index contributed by atoms with van der Waals surface area (Å²) in [4.78, 5) is 10.8. The highest BCUT2D eigenvalue weighted by molar-refractivity contribution is 7.26. The number of allylic oxidation sites excluding steroid dienone is 4. The van der Waals surface area contributed by atoms with E-state index in [2.05, 4.69) is 139 Å². The van der Waals surface area contributed by atoms with Crippen molar-refractivity contribution < 1.29 is 0 Å². The highest BCUT2D eigenvalue weighted by Crippen LogP contribution is 2.56. The molecule has 3 heterocycles. The summed E-state index contributed by atoms with van der Waals surface area (Å²) in [6.45, 7) is 4.72. The number of aromatic nitrogens is 3. The van der Waals surface area contributed by atoms with Crippen molar-refractivity contribution in [3.63, 3.8) is 0 Å². The van der Waals surface area contributed by atoms with Crippen LogP contribution in [0.5, 0.6) is 0 Å². The van der Waals surface area contributed by atoms with E-state index in [9.17, 15) is 0 Å². The fourth-order valence-electron chi connectivity index (χ4n) is 7.76. The average molecular weight is 618 g/mol. The molecule has 5 aromatic carbocycles. The van der Waals surface area contributed by atoms with Gasteiger partial charge in [-0.3, -0.25) is 4.57 Å². The number of benzene rings is 5. The molecule has 2 aliphatic carbocycles. The lowest BCUT2D eigenvalue weighted by Crippen LogP contribution is -2.14. The summed E-state index contributed by atoms with van der Waals surface area (Å²) >= 11 is 1.86. The van der Waals surface area contributed by atoms with Crippen molar-refractivity contribution in [1.82, 2.24) is 14.5 Å². The molecule has 0 spiro atoms. The summed E-state index contributed by atoms with van der Waals surface area (Å²) in [6, 6.07) is 39.2. The van der Waals surface area contributed by atoms with Gasteiger partial charge in [-0.25, -0.2) is 9.97 Å². The Bertz CT molecular complexity index is 2780. The minimum atomic E-state index is -0.209. The number of rotatable bonds is 3. The van der Waals surface area contributed by atoms with E-state index < -0.39 is 0 Å². The quantitative estimate of drug-likeness (QED) is 0.185. The molecule has 47 heavy (non-hydrogen) atoms. The smallest absolute Gasteiger partial charge is 0.235 e. The van der Waals surface area contributed by atoms with Crippen molar-refractivity contribution in [2.24, 2.45) is 0 Å². The fraction of sp³-hybridized carbons (Fsp3) is 0.0698. The standard InChI is InChI=1S/C43H27N3S/c1-43(2)32-19-11-9-17-29(32)41-39(43)38-34(23-24-36-37(38)30-18-10-12-20-35(30)47-36)46(41)42-44-33-22-21-28(26-13-5-3-6-14-26)25-31(33)40(45-42)27-15-7-4-8-16-27/h3-7,9-15,17-25H,1-2H3. The predicted octanol–water partition coefficient (Wildman–Crippen LogP) is 11.2. The number of thiophene rings is 1. The maximum absolute atomic E-state index is 5.43. The topological polar surface area (TPSA) is 30.7 Å². The van der Waals surface area contributed by atoms with Crippen LogP contribution in [-0.2, 0) is 5.41 Å². The molecule has 4 heteroatoms. The summed E-state index contributed by atoms with van der Waals surface area (Å²) in [6.07, 6.45) is 5.94. The van der Waals surface area contributed by atoms with Crippen LogP contribution in [0.1, 0.15) is 30.7 Å². The van der Waals surface area contributed by atoms with Crippen molar-refractivity contribution >= 4 is 58.9 Å². The molecule has 0 aliphatic heterocycles. The van der Waals surface area contributed by atoms with Crippen LogP contribution >= 0.6 is 11.3 Å². The molecule has 10 rings (SSSR count). The maximum Gasteiger partial charge on any atom is 0.235 e. The molecule has 0 N–H and O–H groups in total. The van der Waals surface area contributed by atoms with E-state index in [1.165, 1.54) is 47.9 Å². The molecular formula is C43H27N3S. The molecule has 0 amide bonds. The molecule has 0 bridgehead atoms. The summed E-state index contributed by atoms with van der Waals surface area (Å²) in [5.41, 5.74) is 17.4. The van der Waals surface area contributed by atoms with Gasteiger partial charge in [0.05, 0.1) is 28.0 Å². The number of nitrogens with zero attached hydrogens (tertiary/aromatic N) is 3. The zero-order chi connectivity index (χ0) is 31.3. The van der Waals surface area contributed by atoms with E-state index in [0.717, 1.165) is 38.8 Å². The molecular weight excluding hydrogens is 591 g/mol. The normalized spacial score (nSPS) is 14.4. The van der Waals surface area contributed by atoms with Gasteiger partial charge in [-0.2, -0.15) is 0 Å². The van der Waals surface area contributed by atoms with Crippen LogP contribution in [0.15, 0.2) is 139 Å². The Labute approximate surface area is 275 Å². The van der Waals surface area contributed by atoms with E-state index in [1.54, 1.807) is 0 Å². The van der Waals surface area contributed by atoms with Gasteiger partial charge in [0.15, 0.2) is 0 Å². The van der Waals surface area contributed by atoms with E-state index in [-0.39, 0.29) is 5.41 Å². The molecule has 0 radical (unpaired) electrons. The SMILES string of the molecule is CC1(C)c2ccccc2-c2c1c1c3c(ccc1n2-c1nc(C2=C=C=CC=C2)c2cc(-c4ccccc4)ccc2n1)sc1ccccc13. The molecule has 8 aromatic rings. The second kappa shape index (κ2) is 9.62. The van der Waals surface area contributed by atoms with Gasteiger partial charge in [-0.1, -0.05) is 110 Å². The first-order chi connectivity index (χ1) is 23.1.